The Kier molecular flexibility index (Phi) is 6.08. The number of carboxylic acid groups (broad SMARTS) is 1. The summed E-state index contributed by atoms with van der Waals surface area (Å²) in [4.78, 5) is 47.5. The molecule has 1 heterocycles. The lowest BCUT2D eigenvalue weighted by Gasteiger charge is -2.21. The van der Waals surface area contributed by atoms with E-state index in [4.69, 9.17) is 5.11 Å². The molecule has 116 valence electrons. The van der Waals surface area contributed by atoms with E-state index in [-0.39, 0.29) is 24.1 Å². The molecule has 1 N–H and O–H groups in total. The van der Waals surface area contributed by atoms with Crippen molar-refractivity contribution in [3.05, 3.63) is 12.2 Å². The average Bonchev–Trinajstić information content (AvgIpc) is 2.76. The molecular formula is C14H20N2O5. The molecule has 7 heteroatoms. The van der Waals surface area contributed by atoms with E-state index >= 15 is 0 Å². The summed E-state index contributed by atoms with van der Waals surface area (Å²) >= 11 is 0. The van der Waals surface area contributed by atoms with Crippen molar-refractivity contribution in [3.8, 4) is 0 Å². The number of hydrogen-bond donors (Lipinski definition) is 1. The zero-order valence-electron chi connectivity index (χ0n) is 12.2. The van der Waals surface area contributed by atoms with Crippen molar-refractivity contribution < 1.29 is 24.3 Å². The molecule has 21 heavy (non-hydrogen) atoms. The van der Waals surface area contributed by atoms with Crippen LogP contribution in [0.15, 0.2) is 12.2 Å². The first-order valence-electron chi connectivity index (χ1n) is 6.86. The van der Waals surface area contributed by atoms with Gasteiger partial charge >= 0.3 is 5.97 Å². The molecule has 1 aliphatic rings. The second kappa shape index (κ2) is 7.56. The highest BCUT2D eigenvalue weighted by Crippen LogP contribution is 2.09. The van der Waals surface area contributed by atoms with Crippen molar-refractivity contribution >= 4 is 23.7 Å². The lowest BCUT2D eigenvalue weighted by Crippen LogP contribution is -2.40. The third-order valence-corrected chi connectivity index (χ3v) is 3.50. The molecule has 1 aliphatic heterocycles. The molecule has 1 rings (SSSR count). The number of nitrogens with zero attached hydrogens (tertiary/aromatic N) is 2. The number of carboxylic acids is 1. The summed E-state index contributed by atoms with van der Waals surface area (Å²) in [6, 6.07) is -0.844. The molecule has 7 nitrogen and oxygen atoms in total. The van der Waals surface area contributed by atoms with Gasteiger partial charge in [-0.05, 0) is 19.8 Å². The van der Waals surface area contributed by atoms with Gasteiger partial charge in [0.15, 0.2) is 0 Å². The highest BCUT2D eigenvalue weighted by atomic mass is 16.4. The highest BCUT2D eigenvalue weighted by Gasteiger charge is 2.23. The number of rotatable bonds is 8. The highest BCUT2D eigenvalue weighted by molar-refractivity contribution is 6.12. The van der Waals surface area contributed by atoms with Crippen molar-refractivity contribution in [1.82, 2.24) is 9.80 Å². The van der Waals surface area contributed by atoms with Crippen LogP contribution in [0.2, 0.25) is 0 Å². The van der Waals surface area contributed by atoms with E-state index in [0.717, 1.165) is 0 Å². The normalized spacial score (nSPS) is 15.4. The summed E-state index contributed by atoms with van der Waals surface area (Å²) in [5, 5.41) is 8.81. The van der Waals surface area contributed by atoms with Gasteiger partial charge in [-0.2, -0.15) is 0 Å². The maximum atomic E-state index is 11.7. The standard InChI is InChI=1S/C14H20N2O5/c1-10(14(20)21)15(2)11(17)6-4-3-5-9-16-12(18)7-8-13(16)19/h7-8,10H,3-6,9H2,1-2H3,(H,20,21). The fourth-order valence-electron chi connectivity index (χ4n) is 1.93. The average molecular weight is 296 g/mol. The summed E-state index contributed by atoms with van der Waals surface area (Å²) in [5.41, 5.74) is 0. The van der Waals surface area contributed by atoms with Gasteiger partial charge in [-0.3, -0.25) is 19.3 Å². The van der Waals surface area contributed by atoms with E-state index < -0.39 is 12.0 Å². The summed E-state index contributed by atoms with van der Waals surface area (Å²) in [6.07, 6.45) is 4.67. The zero-order valence-corrected chi connectivity index (χ0v) is 12.2. The van der Waals surface area contributed by atoms with Gasteiger partial charge in [0.25, 0.3) is 11.8 Å². The number of amides is 3. The minimum Gasteiger partial charge on any atom is -0.480 e. The fourth-order valence-corrected chi connectivity index (χ4v) is 1.93. The Morgan fingerprint density at radius 3 is 2.29 bits per heavy atom. The van der Waals surface area contributed by atoms with E-state index in [1.165, 1.54) is 35.9 Å². The quantitative estimate of drug-likeness (QED) is 0.517. The summed E-state index contributed by atoms with van der Waals surface area (Å²) in [5.74, 6) is -1.86. The van der Waals surface area contributed by atoms with Gasteiger partial charge < -0.3 is 10.0 Å². The first kappa shape index (κ1) is 16.9. The zero-order chi connectivity index (χ0) is 16.0. The lowest BCUT2D eigenvalue weighted by atomic mass is 10.1. The SMILES string of the molecule is CC(C(=O)O)N(C)C(=O)CCCCCN1C(=O)C=CC1=O. The predicted octanol–water partition coefficient (Wildman–Crippen LogP) is 0.403. The van der Waals surface area contributed by atoms with E-state index in [0.29, 0.717) is 25.8 Å². The first-order valence-corrected chi connectivity index (χ1v) is 6.86. The summed E-state index contributed by atoms with van der Waals surface area (Å²) < 4.78 is 0. The van der Waals surface area contributed by atoms with Gasteiger partial charge in [0.05, 0.1) is 0 Å². The second-order valence-electron chi connectivity index (χ2n) is 4.99. The Labute approximate surface area is 123 Å². The van der Waals surface area contributed by atoms with Crippen LogP contribution in [0.3, 0.4) is 0 Å². The minimum atomic E-state index is -1.04. The smallest absolute Gasteiger partial charge is 0.326 e. The van der Waals surface area contributed by atoms with E-state index in [2.05, 4.69) is 0 Å². The topological polar surface area (TPSA) is 95.0 Å². The number of likely N-dealkylation sites (N-methyl/N-ethyl adjacent to an activating group) is 1. The van der Waals surface area contributed by atoms with E-state index in [9.17, 15) is 19.2 Å². The molecule has 0 spiro atoms. The van der Waals surface area contributed by atoms with Gasteiger partial charge in [-0.15, -0.1) is 0 Å². The number of carbonyl (C=O) groups is 4. The van der Waals surface area contributed by atoms with Gasteiger partial charge in [0.1, 0.15) is 6.04 Å². The molecule has 0 aromatic rings. The number of imide groups is 1. The van der Waals surface area contributed by atoms with Crippen LogP contribution in [0, 0.1) is 0 Å². The molecule has 0 aromatic heterocycles. The Balaban J connectivity index is 2.19. The van der Waals surface area contributed by atoms with Crippen molar-refractivity contribution in [2.45, 2.75) is 38.6 Å². The van der Waals surface area contributed by atoms with Crippen LogP contribution in [0.25, 0.3) is 0 Å². The van der Waals surface area contributed by atoms with Crippen LogP contribution >= 0.6 is 0 Å². The number of aliphatic carboxylic acids is 1. The Morgan fingerprint density at radius 1 is 1.19 bits per heavy atom. The minimum absolute atomic E-state index is 0.222. The molecule has 0 bridgehead atoms. The molecule has 1 unspecified atom stereocenters. The van der Waals surface area contributed by atoms with Crippen LogP contribution in [-0.4, -0.2) is 58.2 Å². The summed E-state index contributed by atoms with van der Waals surface area (Å²) in [6.45, 7) is 1.80. The largest absolute Gasteiger partial charge is 0.480 e. The van der Waals surface area contributed by atoms with Gasteiger partial charge in [-0.25, -0.2) is 4.79 Å². The third-order valence-electron chi connectivity index (χ3n) is 3.50. The second-order valence-corrected chi connectivity index (χ2v) is 4.99. The van der Waals surface area contributed by atoms with Crippen LogP contribution in [-0.2, 0) is 19.2 Å². The molecule has 0 radical (unpaired) electrons. The Morgan fingerprint density at radius 2 is 1.76 bits per heavy atom. The molecule has 0 saturated carbocycles. The molecule has 0 saturated heterocycles. The maximum Gasteiger partial charge on any atom is 0.326 e. The molecule has 0 aromatic carbocycles. The predicted molar refractivity (Wildman–Crippen MR) is 74.2 cm³/mol. The van der Waals surface area contributed by atoms with Crippen molar-refractivity contribution in [2.75, 3.05) is 13.6 Å². The molecule has 0 aliphatic carbocycles. The van der Waals surface area contributed by atoms with Crippen LogP contribution in [0.5, 0.6) is 0 Å². The Hall–Kier alpha value is -2.18. The first-order chi connectivity index (χ1) is 9.84. The van der Waals surface area contributed by atoms with Crippen LogP contribution < -0.4 is 0 Å². The molecule has 3 amide bonds. The summed E-state index contributed by atoms with van der Waals surface area (Å²) in [7, 11) is 1.47. The lowest BCUT2D eigenvalue weighted by molar-refractivity contribution is -0.148. The molecule has 1 atom stereocenters. The Bertz CT molecular complexity index is 454. The fraction of sp³-hybridized carbons (Fsp3) is 0.571. The van der Waals surface area contributed by atoms with Crippen molar-refractivity contribution in [3.63, 3.8) is 0 Å². The number of unbranched alkanes of at least 4 members (excludes halogenated alkanes) is 2. The third kappa shape index (κ3) is 4.70. The van der Waals surface area contributed by atoms with Crippen molar-refractivity contribution in [1.29, 1.82) is 0 Å². The van der Waals surface area contributed by atoms with E-state index in [1.54, 1.807) is 0 Å². The molecule has 0 fully saturated rings. The van der Waals surface area contributed by atoms with E-state index in [1.807, 2.05) is 0 Å². The number of carbonyl (C=O) groups excluding carboxylic acids is 3. The van der Waals surface area contributed by atoms with Gasteiger partial charge in [-0.1, -0.05) is 6.42 Å². The van der Waals surface area contributed by atoms with Gasteiger partial charge in [0.2, 0.25) is 5.91 Å². The maximum absolute atomic E-state index is 11.7. The van der Waals surface area contributed by atoms with Crippen LogP contribution in [0.4, 0.5) is 0 Å². The van der Waals surface area contributed by atoms with Gasteiger partial charge in [0, 0.05) is 32.2 Å². The monoisotopic (exact) mass is 296 g/mol. The molecular weight excluding hydrogens is 276 g/mol. The van der Waals surface area contributed by atoms with Crippen LogP contribution in [0.1, 0.15) is 32.6 Å². The van der Waals surface area contributed by atoms with Crippen molar-refractivity contribution in [2.24, 2.45) is 0 Å². The number of hydrogen-bond acceptors (Lipinski definition) is 4.